The van der Waals surface area contributed by atoms with Gasteiger partial charge in [-0.3, -0.25) is 9.59 Å². The number of carbonyl (C=O) groups is 2. The van der Waals surface area contributed by atoms with Crippen LogP contribution in [0, 0.1) is 23.5 Å². The Hall–Kier alpha value is -2.72. The Bertz CT molecular complexity index is 1050. The van der Waals surface area contributed by atoms with Crippen molar-refractivity contribution in [3.05, 3.63) is 69.7 Å². The van der Waals surface area contributed by atoms with Gasteiger partial charge in [0.15, 0.2) is 0 Å². The Labute approximate surface area is 190 Å². The molecule has 2 aromatic carbocycles. The minimum absolute atomic E-state index is 0.0166. The lowest BCUT2D eigenvalue weighted by Gasteiger charge is -2.39. The van der Waals surface area contributed by atoms with Gasteiger partial charge in [-0.15, -0.1) is 0 Å². The summed E-state index contributed by atoms with van der Waals surface area (Å²) in [6.07, 6.45) is -4.63. The number of amides is 2. The molecule has 3 N–H and O–H groups in total. The number of rotatable bonds is 6. The third kappa shape index (κ3) is 6.00. The lowest BCUT2D eigenvalue weighted by Crippen LogP contribution is -2.48. The standard InChI is InChI=1S/C22H20ClF5N2O3/c23-18-2-1-14(24)9-16(18)20-17(11(3-4-31)7-19(32)30-20)10-29-21(33)12-5-13(22(26,27)28)8-15(25)6-12/h1-2,5-6,8-9,11,17,20,31H,3-4,7,10H2,(H,29,33)(H,30,32)/t11-,17+,20-/m0/s1. The summed E-state index contributed by atoms with van der Waals surface area (Å²) in [7, 11) is 0. The SMILES string of the molecule is O=C1C[C@H](CCO)[C@@H](CNC(=O)c2cc(F)cc(C(F)(F)F)c2)[C@H](c2cc(F)ccc2Cl)N1. The molecule has 0 spiro atoms. The lowest BCUT2D eigenvalue weighted by atomic mass is 9.76. The predicted octanol–water partition coefficient (Wildman–Crippen LogP) is 4.24. The summed E-state index contributed by atoms with van der Waals surface area (Å²) >= 11 is 6.20. The van der Waals surface area contributed by atoms with Gasteiger partial charge < -0.3 is 15.7 Å². The third-order valence-electron chi connectivity index (χ3n) is 5.58. The van der Waals surface area contributed by atoms with E-state index in [9.17, 15) is 36.6 Å². The van der Waals surface area contributed by atoms with Crippen LogP contribution in [0.15, 0.2) is 36.4 Å². The molecule has 2 aromatic rings. The van der Waals surface area contributed by atoms with Crippen LogP contribution in [-0.2, 0) is 11.0 Å². The molecule has 2 amide bonds. The zero-order valence-electron chi connectivity index (χ0n) is 17.1. The molecular formula is C22H20ClF5N2O3. The van der Waals surface area contributed by atoms with Crippen LogP contribution in [0.4, 0.5) is 22.0 Å². The number of alkyl halides is 3. The van der Waals surface area contributed by atoms with Crippen molar-refractivity contribution in [1.29, 1.82) is 0 Å². The molecule has 0 unspecified atom stereocenters. The molecule has 0 bridgehead atoms. The number of hydrogen-bond donors (Lipinski definition) is 3. The number of aliphatic hydroxyl groups excluding tert-OH is 1. The first-order valence-corrected chi connectivity index (χ1v) is 10.4. The molecule has 1 saturated heterocycles. The number of carbonyl (C=O) groups excluding carboxylic acids is 2. The Morgan fingerprint density at radius 3 is 2.55 bits per heavy atom. The van der Waals surface area contributed by atoms with Gasteiger partial charge in [0.25, 0.3) is 5.91 Å². The molecule has 1 aliphatic rings. The van der Waals surface area contributed by atoms with E-state index in [1.807, 2.05) is 0 Å². The highest BCUT2D eigenvalue weighted by Crippen LogP contribution is 2.38. The zero-order valence-corrected chi connectivity index (χ0v) is 17.8. The summed E-state index contributed by atoms with van der Waals surface area (Å²) < 4.78 is 66.4. The minimum Gasteiger partial charge on any atom is -0.396 e. The van der Waals surface area contributed by atoms with Crippen molar-refractivity contribution in [2.24, 2.45) is 11.8 Å². The van der Waals surface area contributed by atoms with E-state index in [1.54, 1.807) is 0 Å². The van der Waals surface area contributed by atoms with Crippen LogP contribution in [0.25, 0.3) is 0 Å². The number of nitrogens with one attached hydrogen (secondary N) is 2. The molecule has 3 atom stereocenters. The van der Waals surface area contributed by atoms with E-state index in [1.165, 1.54) is 6.07 Å². The van der Waals surface area contributed by atoms with Gasteiger partial charge in [-0.25, -0.2) is 8.78 Å². The van der Waals surface area contributed by atoms with Gasteiger partial charge in [0.1, 0.15) is 11.6 Å². The summed E-state index contributed by atoms with van der Waals surface area (Å²) in [6, 6.07) is 4.27. The number of benzene rings is 2. The highest BCUT2D eigenvalue weighted by molar-refractivity contribution is 6.31. The first-order chi connectivity index (χ1) is 15.5. The van der Waals surface area contributed by atoms with Crippen molar-refractivity contribution in [2.75, 3.05) is 13.2 Å². The van der Waals surface area contributed by atoms with Gasteiger partial charge in [-0.05, 0) is 54.3 Å². The Balaban J connectivity index is 1.88. The van der Waals surface area contributed by atoms with Crippen LogP contribution in [-0.4, -0.2) is 30.1 Å². The first-order valence-electron chi connectivity index (χ1n) is 10.0. The summed E-state index contributed by atoms with van der Waals surface area (Å²) in [5, 5.41) is 14.8. The van der Waals surface area contributed by atoms with Gasteiger partial charge in [-0.2, -0.15) is 13.2 Å². The van der Waals surface area contributed by atoms with Crippen molar-refractivity contribution >= 4 is 23.4 Å². The number of aliphatic hydroxyl groups is 1. The Morgan fingerprint density at radius 2 is 1.88 bits per heavy atom. The summed E-state index contributed by atoms with van der Waals surface area (Å²) in [4.78, 5) is 24.8. The highest BCUT2D eigenvalue weighted by atomic mass is 35.5. The van der Waals surface area contributed by atoms with Gasteiger partial charge in [0.2, 0.25) is 5.91 Å². The molecule has 3 rings (SSSR count). The molecular weight excluding hydrogens is 471 g/mol. The van der Waals surface area contributed by atoms with Crippen molar-refractivity contribution in [2.45, 2.75) is 25.1 Å². The number of piperidine rings is 1. The fraction of sp³-hybridized carbons (Fsp3) is 0.364. The summed E-state index contributed by atoms with van der Waals surface area (Å²) in [6.45, 7) is -0.413. The molecule has 5 nitrogen and oxygen atoms in total. The quantitative estimate of drug-likeness (QED) is 0.530. The van der Waals surface area contributed by atoms with E-state index >= 15 is 0 Å². The van der Waals surface area contributed by atoms with Crippen LogP contribution < -0.4 is 10.6 Å². The molecule has 178 valence electrons. The lowest BCUT2D eigenvalue weighted by molar-refractivity contribution is -0.137. The molecule has 1 heterocycles. The molecule has 0 aromatic heterocycles. The molecule has 33 heavy (non-hydrogen) atoms. The predicted molar refractivity (Wildman–Crippen MR) is 109 cm³/mol. The Kier molecular flexibility index (Phi) is 7.58. The zero-order chi connectivity index (χ0) is 24.3. The molecule has 1 fully saturated rings. The van der Waals surface area contributed by atoms with Crippen LogP contribution >= 0.6 is 11.6 Å². The van der Waals surface area contributed by atoms with E-state index in [2.05, 4.69) is 10.6 Å². The van der Waals surface area contributed by atoms with Crippen molar-refractivity contribution in [1.82, 2.24) is 10.6 Å². The fourth-order valence-corrected chi connectivity index (χ4v) is 4.26. The Morgan fingerprint density at radius 1 is 1.15 bits per heavy atom. The number of halogens is 6. The average Bonchev–Trinajstić information content (AvgIpc) is 2.73. The molecule has 0 aliphatic carbocycles. The summed E-state index contributed by atoms with van der Waals surface area (Å²) in [5.74, 6) is -4.15. The fourth-order valence-electron chi connectivity index (χ4n) is 4.03. The number of hydrogen-bond acceptors (Lipinski definition) is 3. The van der Waals surface area contributed by atoms with Crippen molar-refractivity contribution in [3.8, 4) is 0 Å². The van der Waals surface area contributed by atoms with Crippen molar-refractivity contribution < 1.29 is 36.6 Å². The normalized spacial score (nSPS) is 20.9. The van der Waals surface area contributed by atoms with Gasteiger partial charge in [-0.1, -0.05) is 11.6 Å². The minimum atomic E-state index is -4.84. The van der Waals surface area contributed by atoms with E-state index in [-0.39, 0.29) is 48.6 Å². The monoisotopic (exact) mass is 490 g/mol. The first kappa shape index (κ1) is 24.9. The molecule has 0 radical (unpaired) electrons. The van der Waals surface area contributed by atoms with E-state index in [4.69, 9.17) is 11.6 Å². The molecule has 0 saturated carbocycles. The molecule has 1 aliphatic heterocycles. The van der Waals surface area contributed by atoms with Crippen LogP contribution in [0.2, 0.25) is 5.02 Å². The second kappa shape index (κ2) is 10.0. The maximum absolute atomic E-state index is 13.9. The van der Waals surface area contributed by atoms with Gasteiger partial charge in [0.05, 0.1) is 11.6 Å². The van der Waals surface area contributed by atoms with Crippen LogP contribution in [0.1, 0.15) is 40.4 Å². The van der Waals surface area contributed by atoms with Gasteiger partial charge in [0, 0.05) is 36.1 Å². The van der Waals surface area contributed by atoms with Crippen molar-refractivity contribution in [3.63, 3.8) is 0 Å². The van der Waals surface area contributed by atoms with Crippen LogP contribution in [0.5, 0.6) is 0 Å². The second-order valence-corrected chi connectivity index (χ2v) is 8.19. The largest absolute Gasteiger partial charge is 0.416 e. The van der Waals surface area contributed by atoms with Crippen LogP contribution in [0.3, 0.4) is 0 Å². The van der Waals surface area contributed by atoms with E-state index < -0.39 is 52.7 Å². The van der Waals surface area contributed by atoms with E-state index in [0.717, 1.165) is 12.1 Å². The smallest absolute Gasteiger partial charge is 0.396 e. The van der Waals surface area contributed by atoms with E-state index in [0.29, 0.717) is 12.1 Å². The average molecular weight is 491 g/mol. The summed E-state index contributed by atoms with van der Waals surface area (Å²) in [5.41, 5.74) is -1.57. The molecule has 11 heteroatoms. The maximum Gasteiger partial charge on any atom is 0.416 e. The second-order valence-electron chi connectivity index (χ2n) is 7.79. The van der Waals surface area contributed by atoms with Gasteiger partial charge >= 0.3 is 6.18 Å². The highest BCUT2D eigenvalue weighted by Gasteiger charge is 2.38. The topological polar surface area (TPSA) is 78.4 Å². The maximum atomic E-state index is 13.9. The third-order valence-corrected chi connectivity index (χ3v) is 5.92.